The van der Waals surface area contributed by atoms with Crippen molar-refractivity contribution in [2.75, 3.05) is 14.1 Å². The first-order chi connectivity index (χ1) is 9.69. The number of hydrogen-bond acceptors (Lipinski definition) is 1. The molecular weight excluding hydrogens is 244 g/mol. The summed E-state index contributed by atoms with van der Waals surface area (Å²) in [4.78, 5) is 4.64. The molecule has 104 valence electrons. The van der Waals surface area contributed by atoms with Gasteiger partial charge in [-0.1, -0.05) is 25.5 Å². The van der Waals surface area contributed by atoms with Crippen LogP contribution < -0.4 is 0 Å². The standard InChI is InChI=1S/C18H23N2/c1-4-5-6-15-7-9-16(10-8-15)19-17-11-13-18(14-12-17)20(2)3/h7-14H,4-6H2,1-3H3/q+1. The van der Waals surface area contributed by atoms with Crippen molar-refractivity contribution < 1.29 is 4.58 Å². The number of allylic oxidation sites excluding steroid dienone is 4. The van der Waals surface area contributed by atoms with E-state index < -0.39 is 0 Å². The van der Waals surface area contributed by atoms with Gasteiger partial charge in [-0.05, 0) is 42.7 Å². The van der Waals surface area contributed by atoms with E-state index in [9.17, 15) is 0 Å². The molecule has 0 spiro atoms. The molecule has 0 amide bonds. The summed E-state index contributed by atoms with van der Waals surface area (Å²) in [5.74, 6) is 0. The highest BCUT2D eigenvalue weighted by atomic mass is 14.9. The van der Waals surface area contributed by atoms with E-state index in [0.717, 1.165) is 17.8 Å². The molecule has 0 N–H and O–H groups in total. The number of benzene rings is 1. The highest BCUT2D eigenvalue weighted by Gasteiger charge is 2.04. The Morgan fingerprint density at radius 2 is 1.60 bits per heavy atom. The number of aliphatic imine (C=N–C) groups is 1. The maximum Gasteiger partial charge on any atom is 0.199 e. The second-order valence-electron chi connectivity index (χ2n) is 5.29. The van der Waals surface area contributed by atoms with Gasteiger partial charge in [0.1, 0.15) is 14.1 Å². The van der Waals surface area contributed by atoms with E-state index in [-0.39, 0.29) is 0 Å². The van der Waals surface area contributed by atoms with E-state index in [1.54, 1.807) is 0 Å². The largest absolute Gasteiger partial charge is 0.249 e. The van der Waals surface area contributed by atoms with Crippen molar-refractivity contribution >= 4 is 17.1 Å². The SMILES string of the molecule is CCCCc1ccc(N=C2C=CC(=[N+](C)C)C=C2)cc1. The number of nitrogens with zero attached hydrogens (tertiary/aromatic N) is 2. The molecule has 0 radical (unpaired) electrons. The van der Waals surface area contributed by atoms with Gasteiger partial charge in [0, 0.05) is 12.2 Å². The van der Waals surface area contributed by atoms with Crippen LogP contribution >= 0.6 is 0 Å². The Labute approximate surface area is 121 Å². The lowest BCUT2D eigenvalue weighted by Gasteiger charge is -2.03. The third kappa shape index (κ3) is 4.02. The van der Waals surface area contributed by atoms with Crippen LogP contribution in [0.25, 0.3) is 0 Å². The van der Waals surface area contributed by atoms with Gasteiger partial charge < -0.3 is 0 Å². The molecule has 0 unspecified atom stereocenters. The van der Waals surface area contributed by atoms with Crippen molar-refractivity contribution in [3.8, 4) is 0 Å². The molecule has 0 saturated heterocycles. The second kappa shape index (κ2) is 6.99. The van der Waals surface area contributed by atoms with Crippen molar-refractivity contribution in [1.82, 2.24) is 0 Å². The Morgan fingerprint density at radius 1 is 0.950 bits per heavy atom. The first-order valence-electron chi connectivity index (χ1n) is 7.27. The van der Waals surface area contributed by atoms with Crippen molar-refractivity contribution in [3.63, 3.8) is 0 Å². The van der Waals surface area contributed by atoms with Gasteiger partial charge in [-0.2, -0.15) is 0 Å². The first-order valence-corrected chi connectivity index (χ1v) is 7.27. The van der Waals surface area contributed by atoms with E-state index in [4.69, 9.17) is 0 Å². The van der Waals surface area contributed by atoms with Crippen LogP contribution in [0.15, 0.2) is 53.6 Å². The van der Waals surface area contributed by atoms with Crippen molar-refractivity contribution in [2.45, 2.75) is 26.2 Å². The Kier molecular flexibility index (Phi) is 5.05. The normalized spacial score (nSPS) is 13.8. The molecule has 1 aromatic carbocycles. The molecule has 1 aliphatic rings. The van der Waals surface area contributed by atoms with Crippen LogP contribution in [0.2, 0.25) is 0 Å². The van der Waals surface area contributed by atoms with E-state index in [1.165, 1.54) is 24.1 Å². The summed E-state index contributed by atoms with van der Waals surface area (Å²) in [6.07, 6.45) is 11.9. The second-order valence-corrected chi connectivity index (χ2v) is 5.29. The number of rotatable bonds is 4. The fraction of sp³-hybridized carbons (Fsp3) is 0.333. The zero-order valence-electron chi connectivity index (χ0n) is 12.6. The minimum atomic E-state index is 0.997. The highest BCUT2D eigenvalue weighted by molar-refractivity contribution is 6.17. The van der Waals surface area contributed by atoms with Crippen LogP contribution in [0.1, 0.15) is 25.3 Å². The average molecular weight is 267 g/mol. The number of aryl methyl sites for hydroxylation is 1. The minimum absolute atomic E-state index is 0.997. The monoisotopic (exact) mass is 267 g/mol. The molecule has 1 aliphatic carbocycles. The summed E-state index contributed by atoms with van der Waals surface area (Å²) in [7, 11) is 4.09. The average Bonchev–Trinajstić information content (AvgIpc) is 2.47. The summed E-state index contributed by atoms with van der Waals surface area (Å²) in [5, 5.41) is 0. The first kappa shape index (κ1) is 14.4. The van der Waals surface area contributed by atoms with Gasteiger partial charge >= 0.3 is 0 Å². The fourth-order valence-electron chi connectivity index (χ4n) is 2.09. The van der Waals surface area contributed by atoms with E-state index in [1.807, 2.05) is 14.1 Å². The lowest BCUT2D eigenvalue weighted by atomic mass is 10.1. The Balaban J connectivity index is 2.07. The lowest BCUT2D eigenvalue weighted by molar-refractivity contribution is -0.462. The van der Waals surface area contributed by atoms with Crippen LogP contribution in [0, 0.1) is 0 Å². The third-order valence-corrected chi connectivity index (χ3v) is 3.38. The van der Waals surface area contributed by atoms with Crippen LogP contribution in [0.4, 0.5) is 5.69 Å². The zero-order chi connectivity index (χ0) is 14.4. The molecule has 0 heterocycles. The molecule has 0 aliphatic heterocycles. The quantitative estimate of drug-likeness (QED) is 0.580. The van der Waals surface area contributed by atoms with Crippen molar-refractivity contribution in [3.05, 3.63) is 54.1 Å². The topological polar surface area (TPSA) is 15.4 Å². The predicted molar refractivity (Wildman–Crippen MR) is 87.5 cm³/mol. The van der Waals surface area contributed by atoms with Crippen LogP contribution in [0.3, 0.4) is 0 Å². The predicted octanol–water partition coefficient (Wildman–Crippen LogP) is 3.94. The Bertz CT molecular complexity index is 550. The van der Waals surface area contributed by atoms with Gasteiger partial charge in [-0.15, -0.1) is 0 Å². The van der Waals surface area contributed by atoms with Crippen LogP contribution in [-0.2, 0) is 6.42 Å². The summed E-state index contributed by atoms with van der Waals surface area (Å²) >= 11 is 0. The van der Waals surface area contributed by atoms with Crippen LogP contribution in [0.5, 0.6) is 0 Å². The maximum absolute atomic E-state index is 4.64. The van der Waals surface area contributed by atoms with Gasteiger partial charge in [0.15, 0.2) is 5.71 Å². The van der Waals surface area contributed by atoms with Gasteiger partial charge in [-0.3, -0.25) is 0 Å². The molecule has 2 nitrogen and oxygen atoms in total. The molecule has 0 atom stereocenters. The molecule has 1 aromatic rings. The maximum atomic E-state index is 4.64. The molecule has 0 fully saturated rings. The summed E-state index contributed by atoms with van der Waals surface area (Å²) in [6, 6.07) is 8.57. The number of hydrogen-bond donors (Lipinski definition) is 0. The van der Waals surface area contributed by atoms with Crippen molar-refractivity contribution in [1.29, 1.82) is 0 Å². The molecule has 0 aromatic heterocycles. The Hall–Kier alpha value is -1.96. The fourth-order valence-corrected chi connectivity index (χ4v) is 2.09. The van der Waals surface area contributed by atoms with Crippen LogP contribution in [-0.4, -0.2) is 30.1 Å². The molecule has 20 heavy (non-hydrogen) atoms. The molecule has 0 saturated carbocycles. The van der Waals surface area contributed by atoms with Gasteiger partial charge in [0.05, 0.1) is 11.4 Å². The third-order valence-electron chi connectivity index (χ3n) is 3.38. The summed E-state index contributed by atoms with van der Waals surface area (Å²) in [5.41, 5.74) is 4.60. The minimum Gasteiger partial charge on any atom is -0.249 e. The molecular formula is C18H23N2+. The summed E-state index contributed by atoms with van der Waals surface area (Å²) < 4.78 is 2.09. The van der Waals surface area contributed by atoms with Gasteiger partial charge in [-0.25, -0.2) is 9.57 Å². The smallest absolute Gasteiger partial charge is 0.199 e. The highest BCUT2D eigenvalue weighted by Crippen LogP contribution is 2.16. The molecule has 0 bridgehead atoms. The zero-order valence-corrected chi connectivity index (χ0v) is 12.6. The van der Waals surface area contributed by atoms with Gasteiger partial charge in [0.2, 0.25) is 0 Å². The van der Waals surface area contributed by atoms with E-state index in [0.29, 0.717) is 0 Å². The van der Waals surface area contributed by atoms with E-state index >= 15 is 0 Å². The van der Waals surface area contributed by atoms with E-state index in [2.05, 4.69) is 65.1 Å². The number of unbranched alkanes of at least 4 members (excludes halogenated alkanes) is 1. The van der Waals surface area contributed by atoms with Gasteiger partial charge in [0.25, 0.3) is 0 Å². The lowest BCUT2D eigenvalue weighted by Crippen LogP contribution is -2.11. The molecule has 2 rings (SSSR count). The molecule has 2 heteroatoms. The summed E-state index contributed by atoms with van der Waals surface area (Å²) in [6.45, 7) is 2.22. The Morgan fingerprint density at radius 3 is 2.15 bits per heavy atom. The van der Waals surface area contributed by atoms with Crippen molar-refractivity contribution in [2.24, 2.45) is 4.99 Å².